The van der Waals surface area contributed by atoms with Gasteiger partial charge in [0, 0.05) is 6.54 Å². The molecule has 0 radical (unpaired) electrons. The second-order valence-corrected chi connectivity index (χ2v) is 7.09. The summed E-state index contributed by atoms with van der Waals surface area (Å²) in [4.78, 5) is 38.1. The number of ether oxygens (including phenoxy) is 1. The van der Waals surface area contributed by atoms with E-state index in [9.17, 15) is 19.5 Å². The Labute approximate surface area is 175 Å². The van der Waals surface area contributed by atoms with Crippen LogP contribution in [0.5, 0.6) is 0 Å². The number of rotatable bonds is 7. The molecule has 1 aliphatic rings. The van der Waals surface area contributed by atoms with Crippen LogP contribution < -0.4 is 5.32 Å². The minimum absolute atomic E-state index is 0.0182. The highest BCUT2D eigenvalue weighted by molar-refractivity contribution is 5.92. The smallest absolute Gasteiger partial charge is 0.412 e. The number of alkyl carbamates (subject to hydrolysis) is 1. The maximum atomic E-state index is 12.8. The Balaban J connectivity index is 1.63. The molecule has 0 spiro atoms. The monoisotopic (exact) mass is 408 g/mol. The number of carbonyl (C=O) groups is 3. The normalized spacial score (nSPS) is 17.5. The molecule has 1 saturated heterocycles. The summed E-state index contributed by atoms with van der Waals surface area (Å²) in [6.07, 6.45) is 0.895. The summed E-state index contributed by atoms with van der Waals surface area (Å²) in [5.74, 6) is -2.10. The summed E-state index contributed by atoms with van der Waals surface area (Å²) in [6.45, 7) is 2.47. The Hall–Kier alpha value is -3.61. The van der Waals surface area contributed by atoms with Crippen molar-refractivity contribution in [2.75, 3.05) is 6.54 Å². The Morgan fingerprint density at radius 1 is 1.17 bits per heavy atom. The molecule has 0 bridgehead atoms. The van der Waals surface area contributed by atoms with Crippen molar-refractivity contribution in [1.82, 2.24) is 10.2 Å². The zero-order valence-corrected chi connectivity index (χ0v) is 16.7. The molecular formula is C23H24N2O5. The van der Waals surface area contributed by atoms with Crippen molar-refractivity contribution in [2.24, 2.45) is 5.92 Å². The first-order valence-corrected chi connectivity index (χ1v) is 9.74. The largest absolute Gasteiger partial charge is 0.477 e. The molecule has 7 nitrogen and oxygen atoms in total. The van der Waals surface area contributed by atoms with E-state index in [1.165, 1.54) is 6.08 Å². The molecule has 2 unspecified atom stereocenters. The number of nitrogens with zero attached hydrogens (tertiary/aromatic N) is 1. The number of hydrogen-bond donors (Lipinski definition) is 2. The summed E-state index contributed by atoms with van der Waals surface area (Å²) in [5.41, 5.74) is 1.43. The Morgan fingerprint density at radius 3 is 2.43 bits per heavy atom. The average Bonchev–Trinajstić information content (AvgIpc) is 3.12. The number of carbonyl (C=O) groups excluding carboxylic acids is 2. The maximum absolute atomic E-state index is 12.8. The van der Waals surface area contributed by atoms with Crippen LogP contribution in [0.15, 0.2) is 72.4 Å². The van der Waals surface area contributed by atoms with Gasteiger partial charge in [-0.1, -0.05) is 60.7 Å². The summed E-state index contributed by atoms with van der Waals surface area (Å²) < 4.78 is 5.07. The van der Waals surface area contributed by atoms with Gasteiger partial charge in [0.25, 0.3) is 0 Å². The van der Waals surface area contributed by atoms with E-state index in [1.54, 1.807) is 17.0 Å². The van der Waals surface area contributed by atoms with Crippen molar-refractivity contribution in [2.45, 2.75) is 26.0 Å². The van der Waals surface area contributed by atoms with Gasteiger partial charge in [-0.25, -0.2) is 9.59 Å². The van der Waals surface area contributed by atoms with Crippen LogP contribution in [0.4, 0.5) is 4.79 Å². The van der Waals surface area contributed by atoms with Crippen molar-refractivity contribution in [1.29, 1.82) is 0 Å². The molecule has 3 rings (SSSR count). The summed E-state index contributed by atoms with van der Waals surface area (Å²) >= 11 is 0. The van der Waals surface area contributed by atoms with Gasteiger partial charge in [0.2, 0.25) is 5.91 Å². The molecule has 1 aliphatic heterocycles. The molecule has 2 N–H and O–H groups in total. The van der Waals surface area contributed by atoms with E-state index in [4.69, 9.17) is 4.74 Å². The first kappa shape index (κ1) is 21.1. The summed E-state index contributed by atoms with van der Waals surface area (Å²) in [7, 11) is 0. The van der Waals surface area contributed by atoms with Crippen LogP contribution in [0.3, 0.4) is 0 Å². The van der Waals surface area contributed by atoms with Crippen LogP contribution >= 0.6 is 0 Å². The van der Waals surface area contributed by atoms with Crippen LogP contribution in [0.1, 0.15) is 30.5 Å². The molecule has 0 aliphatic carbocycles. The number of amides is 2. The minimum atomic E-state index is -1.32. The van der Waals surface area contributed by atoms with Gasteiger partial charge in [-0.15, -0.1) is 0 Å². The molecule has 2 amide bonds. The fourth-order valence-electron chi connectivity index (χ4n) is 3.41. The Kier molecular flexibility index (Phi) is 6.85. The van der Waals surface area contributed by atoms with Crippen molar-refractivity contribution in [3.8, 4) is 0 Å². The molecule has 0 saturated carbocycles. The first-order chi connectivity index (χ1) is 14.5. The molecule has 2 aromatic rings. The topological polar surface area (TPSA) is 95.9 Å². The van der Waals surface area contributed by atoms with Crippen molar-refractivity contribution >= 4 is 18.0 Å². The summed E-state index contributed by atoms with van der Waals surface area (Å²) in [6, 6.07) is 18.6. The third-order valence-corrected chi connectivity index (χ3v) is 5.08. The highest BCUT2D eigenvalue weighted by Gasteiger charge is 2.34. The number of aliphatic carboxylic acids is 1. The van der Waals surface area contributed by atoms with E-state index >= 15 is 0 Å². The molecule has 7 heteroatoms. The molecule has 1 heterocycles. The third-order valence-electron chi connectivity index (χ3n) is 5.08. The molecule has 2 aromatic carbocycles. The van der Waals surface area contributed by atoms with Crippen molar-refractivity contribution < 1.29 is 24.2 Å². The highest BCUT2D eigenvalue weighted by Crippen LogP contribution is 2.29. The van der Waals surface area contributed by atoms with Gasteiger partial charge in [0.15, 0.2) is 0 Å². The van der Waals surface area contributed by atoms with E-state index in [1.807, 2.05) is 55.5 Å². The van der Waals surface area contributed by atoms with Crippen LogP contribution in [0, 0.1) is 5.92 Å². The van der Waals surface area contributed by atoms with E-state index in [-0.39, 0.29) is 24.3 Å². The highest BCUT2D eigenvalue weighted by atomic mass is 16.5. The fourth-order valence-corrected chi connectivity index (χ4v) is 3.41. The van der Waals surface area contributed by atoms with Gasteiger partial charge in [0.05, 0.1) is 12.0 Å². The fraction of sp³-hybridized carbons (Fsp3) is 0.261. The zero-order chi connectivity index (χ0) is 21.5. The predicted octanol–water partition coefficient (Wildman–Crippen LogP) is 3.49. The summed E-state index contributed by atoms with van der Waals surface area (Å²) in [5, 5.41) is 11.7. The van der Waals surface area contributed by atoms with Gasteiger partial charge in [-0.3, -0.25) is 10.1 Å². The molecule has 30 heavy (non-hydrogen) atoms. The van der Waals surface area contributed by atoms with Crippen LogP contribution in [-0.4, -0.2) is 34.5 Å². The standard InChI is InChI=1S/C23H24N2O5/c1-16(18-10-6-3-7-11-18)25-13-12-19(21(25)26)14-20(22(27)28)24-23(29)30-15-17-8-4-2-5-9-17/h2-11,14,16,19H,12-13,15H2,1H3,(H,24,29)(H,27,28)/b20-14+. The van der Waals surface area contributed by atoms with Crippen LogP contribution in [0.2, 0.25) is 0 Å². The quantitative estimate of drug-likeness (QED) is 0.684. The SMILES string of the molecule is CC(c1ccccc1)N1CCC(/C=C(/NC(=O)OCc2ccccc2)C(=O)O)C1=O. The molecular weight excluding hydrogens is 384 g/mol. The number of carboxylic acid groups (broad SMARTS) is 1. The predicted molar refractivity (Wildman–Crippen MR) is 110 cm³/mol. The lowest BCUT2D eigenvalue weighted by atomic mass is 10.1. The molecule has 1 fully saturated rings. The van der Waals surface area contributed by atoms with E-state index in [2.05, 4.69) is 5.32 Å². The lowest BCUT2D eigenvalue weighted by Gasteiger charge is -2.25. The van der Waals surface area contributed by atoms with Crippen LogP contribution in [0.25, 0.3) is 0 Å². The third kappa shape index (κ3) is 5.26. The van der Waals surface area contributed by atoms with Gasteiger partial charge in [-0.2, -0.15) is 0 Å². The lowest BCUT2D eigenvalue weighted by Crippen LogP contribution is -2.31. The molecule has 0 aromatic heterocycles. The van der Waals surface area contributed by atoms with Gasteiger partial charge >= 0.3 is 12.1 Å². The average molecular weight is 408 g/mol. The van der Waals surface area contributed by atoms with E-state index in [0.29, 0.717) is 13.0 Å². The Bertz CT molecular complexity index is 927. The molecule has 156 valence electrons. The lowest BCUT2D eigenvalue weighted by molar-refractivity contribution is -0.133. The Morgan fingerprint density at radius 2 is 1.80 bits per heavy atom. The second-order valence-electron chi connectivity index (χ2n) is 7.09. The first-order valence-electron chi connectivity index (χ1n) is 9.74. The minimum Gasteiger partial charge on any atom is -0.477 e. The number of likely N-dealkylation sites (tertiary alicyclic amines) is 1. The number of hydrogen-bond acceptors (Lipinski definition) is 4. The second kappa shape index (κ2) is 9.73. The maximum Gasteiger partial charge on any atom is 0.412 e. The van der Waals surface area contributed by atoms with Crippen molar-refractivity contribution in [3.05, 3.63) is 83.6 Å². The number of carboxylic acids is 1. The number of nitrogens with one attached hydrogen (secondary N) is 1. The van der Waals surface area contributed by atoms with Gasteiger partial charge < -0.3 is 14.7 Å². The van der Waals surface area contributed by atoms with E-state index < -0.39 is 18.0 Å². The molecule has 2 atom stereocenters. The van der Waals surface area contributed by atoms with Gasteiger partial charge in [0.1, 0.15) is 12.3 Å². The van der Waals surface area contributed by atoms with Crippen molar-refractivity contribution in [3.63, 3.8) is 0 Å². The zero-order valence-electron chi connectivity index (χ0n) is 16.7. The van der Waals surface area contributed by atoms with Gasteiger partial charge in [-0.05, 0) is 30.5 Å². The van der Waals surface area contributed by atoms with E-state index in [0.717, 1.165) is 11.1 Å². The van der Waals surface area contributed by atoms with Crippen LogP contribution in [-0.2, 0) is 20.9 Å². The number of benzene rings is 2.